The fourth-order valence-corrected chi connectivity index (χ4v) is 3.50. The van der Waals surface area contributed by atoms with Gasteiger partial charge in [0, 0.05) is 25.3 Å². The first kappa shape index (κ1) is 18.4. The lowest BCUT2D eigenvalue weighted by molar-refractivity contribution is -0.270. The molecule has 0 aromatic heterocycles. The van der Waals surface area contributed by atoms with Gasteiger partial charge in [0.25, 0.3) is 5.69 Å². The maximum Gasteiger partial charge on any atom is 0.261 e. The maximum absolute atomic E-state index is 13.8. The molecule has 2 atom stereocenters. The van der Waals surface area contributed by atoms with Gasteiger partial charge in [-0.05, 0) is 43.2 Å². The van der Waals surface area contributed by atoms with Crippen LogP contribution in [0.4, 0.5) is 10.1 Å². The number of benzene rings is 2. The molecule has 0 spiro atoms. The Balaban J connectivity index is 2.52. The quantitative estimate of drug-likeness (QED) is 0.680. The number of alkyl halides is 1. The summed E-state index contributed by atoms with van der Waals surface area (Å²) in [6.07, 6.45) is -1.16. The number of nitrogens with zero attached hydrogens (tertiary/aromatic N) is 2. The normalized spacial score (nSPS) is 11.7. The zero-order chi connectivity index (χ0) is 17.9. The van der Waals surface area contributed by atoms with Crippen molar-refractivity contribution in [3.63, 3.8) is 0 Å². The van der Waals surface area contributed by atoms with E-state index in [0.29, 0.717) is 27.1 Å². The van der Waals surface area contributed by atoms with E-state index in [1.54, 1.807) is 30.3 Å². The molecular formula is C17H17FN2O2PS+. The molecule has 4 nitrogen and oxygen atoms in total. The monoisotopic (exact) mass is 363 g/mol. The predicted octanol–water partition coefficient (Wildman–Crippen LogP) is 5.26. The Labute approximate surface area is 146 Å². The highest BCUT2D eigenvalue weighted by atomic mass is 32.2. The third-order valence-electron chi connectivity index (χ3n) is 3.54. The van der Waals surface area contributed by atoms with E-state index in [4.69, 9.17) is 4.74 Å². The van der Waals surface area contributed by atoms with E-state index in [1.165, 1.54) is 25.8 Å². The molecule has 0 fully saturated rings. The fourth-order valence-electron chi connectivity index (χ4n) is 2.28. The summed E-state index contributed by atoms with van der Waals surface area (Å²) in [6.45, 7) is 3.27. The molecule has 0 bridgehead atoms. The van der Waals surface area contributed by atoms with E-state index < -0.39 is 6.17 Å². The summed E-state index contributed by atoms with van der Waals surface area (Å²) < 4.78 is 19.7. The molecule has 2 aromatic carbocycles. The summed E-state index contributed by atoms with van der Waals surface area (Å²) in [5.41, 5.74) is 2.11. The number of methoxy groups -OCH3 is 1. The van der Waals surface area contributed by atoms with E-state index >= 15 is 0 Å². The summed E-state index contributed by atoms with van der Waals surface area (Å²) in [6, 6.07) is 10.5. The van der Waals surface area contributed by atoms with E-state index in [9.17, 15) is 14.6 Å². The van der Waals surface area contributed by atoms with Gasteiger partial charge in [-0.25, -0.2) is 4.39 Å². The second-order valence-corrected chi connectivity index (χ2v) is 6.80. The summed E-state index contributed by atoms with van der Waals surface area (Å²) in [4.78, 5) is 13.1. The number of ether oxygens (including phenoxy) is 1. The average Bonchev–Trinajstić information content (AvgIpc) is 2.55. The van der Waals surface area contributed by atoms with Gasteiger partial charge in [-0.15, -0.1) is 0 Å². The zero-order valence-corrected chi connectivity index (χ0v) is 15.5. The molecule has 0 N–H and O–H groups in total. The van der Waals surface area contributed by atoms with Gasteiger partial charge in [0.05, 0.1) is 24.8 Å². The molecule has 7 heteroatoms. The summed E-state index contributed by atoms with van der Waals surface area (Å²) >= 11 is 1.36. The van der Waals surface area contributed by atoms with E-state index in [-0.39, 0.29) is 0 Å². The summed E-state index contributed by atoms with van der Waals surface area (Å²) in [7, 11) is 3.58. The lowest BCUT2D eigenvalue weighted by Gasteiger charge is -2.13. The molecule has 0 aliphatic carbocycles. The van der Waals surface area contributed by atoms with Gasteiger partial charge >= 0.3 is 0 Å². The average molecular weight is 363 g/mol. The van der Waals surface area contributed by atoms with Crippen LogP contribution in [0.15, 0.2) is 40.1 Å². The molecule has 0 amide bonds. The Hall–Kier alpha value is -1.96. The van der Waals surface area contributed by atoms with Crippen molar-refractivity contribution in [2.24, 2.45) is 0 Å². The van der Waals surface area contributed by atoms with Gasteiger partial charge in [-0.1, -0.05) is 11.8 Å². The zero-order valence-electron chi connectivity index (χ0n) is 13.5. The molecule has 2 aromatic rings. The number of halogens is 1. The Bertz CT molecular complexity index is 834. The molecule has 0 aliphatic rings. The standard InChI is InChI=1S/C17H17FN2O2PS/c1-10-16(11(2)18)4-12(9-19)5-17(10)24-15-7-13(20(21)23)6-14(8-15)22-3/h4-8,11H,23H2,1-3H3/q+1. The minimum absolute atomic E-state index is 0.405. The minimum Gasteiger partial charge on any atom is -0.496 e. The molecule has 124 valence electrons. The van der Waals surface area contributed by atoms with Crippen molar-refractivity contribution in [1.29, 1.82) is 5.26 Å². The van der Waals surface area contributed by atoms with Crippen molar-refractivity contribution in [2.45, 2.75) is 29.8 Å². The molecule has 0 heterocycles. The molecule has 2 unspecified atom stereocenters. The summed E-state index contributed by atoms with van der Waals surface area (Å²) in [5, 5.41) is 9.17. The molecule has 0 aliphatic heterocycles. The van der Waals surface area contributed by atoms with Crippen LogP contribution in [-0.4, -0.2) is 11.6 Å². The molecular weight excluding hydrogens is 346 g/mol. The third-order valence-corrected chi connectivity index (χ3v) is 4.95. The number of hydrogen-bond donors (Lipinski definition) is 0. The first-order chi connectivity index (χ1) is 11.3. The van der Waals surface area contributed by atoms with Crippen molar-refractivity contribution >= 4 is 26.8 Å². The van der Waals surface area contributed by atoms with Crippen molar-refractivity contribution in [2.75, 3.05) is 7.11 Å². The molecule has 0 radical (unpaired) electrons. The number of rotatable bonds is 5. The number of hydrogen-bond acceptors (Lipinski definition) is 4. The van der Waals surface area contributed by atoms with Gasteiger partial charge in [0.15, 0.2) is 0 Å². The SMILES string of the molecule is COc1cc(Sc2cc(C#N)cc(C(C)F)c2C)cc([N+](=O)P)c1. The van der Waals surface area contributed by atoms with E-state index in [0.717, 1.165) is 15.4 Å². The van der Waals surface area contributed by atoms with Crippen LogP contribution in [0.2, 0.25) is 0 Å². The second-order valence-electron chi connectivity index (χ2n) is 5.21. The van der Waals surface area contributed by atoms with Crippen molar-refractivity contribution in [3.8, 4) is 11.8 Å². The second kappa shape index (κ2) is 7.74. The van der Waals surface area contributed by atoms with Gasteiger partial charge in [-0.2, -0.15) is 5.26 Å². The molecule has 0 saturated carbocycles. The predicted molar refractivity (Wildman–Crippen MR) is 95.5 cm³/mol. The summed E-state index contributed by atoms with van der Waals surface area (Å²) in [5.74, 6) is 0.548. The highest BCUT2D eigenvalue weighted by molar-refractivity contribution is 7.99. The largest absolute Gasteiger partial charge is 0.496 e. The molecule has 0 saturated heterocycles. The Morgan fingerprint density at radius 1 is 1.33 bits per heavy atom. The fraction of sp³-hybridized carbons (Fsp3) is 0.235. The van der Waals surface area contributed by atoms with Crippen LogP contribution in [0.1, 0.15) is 29.8 Å². The molecule has 2 rings (SSSR count). The van der Waals surface area contributed by atoms with Gasteiger partial charge in [0.1, 0.15) is 11.9 Å². The Morgan fingerprint density at radius 2 is 2.04 bits per heavy atom. The topological polar surface area (TPSA) is 53.1 Å². The minimum atomic E-state index is -1.16. The highest BCUT2D eigenvalue weighted by Gasteiger charge is 2.16. The van der Waals surface area contributed by atoms with Crippen LogP contribution >= 0.6 is 21.2 Å². The highest BCUT2D eigenvalue weighted by Crippen LogP contribution is 2.38. The first-order valence-electron chi connectivity index (χ1n) is 7.13. The molecule has 24 heavy (non-hydrogen) atoms. The smallest absolute Gasteiger partial charge is 0.261 e. The van der Waals surface area contributed by atoms with Gasteiger partial charge < -0.3 is 4.74 Å². The Kier molecular flexibility index (Phi) is 5.93. The van der Waals surface area contributed by atoms with Crippen LogP contribution in [0.25, 0.3) is 0 Å². The van der Waals surface area contributed by atoms with Crippen LogP contribution in [0.3, 0.4) is 0 Å². The van der Waals surface area contributed by atoms with Crippen LogP contribution in [0.5, 0.6) is 5.75 Å². The lowest BCUT2D eigenvalue weighted by Crippen LogP contribution is -1.95. The van der Waals surface area contributed by atoms with Crippen LogP contribution in [-0.2, 0) is 0 Å². The number of nitriles is 1. The van der Waals surface area contributed by atoms with Crippen molar-refractivity contribution < 1.29 is 13.7 Å². The van der Waals surface area contributed by atoms with Crippen molar-refractivity contribution in [1.82, 2.24) is 0 Å². The van der Waals surface area contributed by atoms with Crippen LogP contribution < -0.4 is 4.74 Å². The Morgan fingerprint density at radius 3 is 2.58 bits per heavy atom. The van der Waals surface area contributed by atoms with Crippen LogP contribution in [0, 0.1) is 23.2 Å². The van der Waals surface area contributed by atoms with E-state index in [1.807, 2.05) is 6.92 Å². The van der Waals surface area contributed by atoms with Gasteiger partial charge in [-0.3, -0.25) is 0 Å². The van der Waals surface area contributed by atoms with E-state index in [2.05, 4.69) is 15.5 Å². The first-order valence-corrected chi connectivity index (χ1v) is 8.46. The van der Waals surface area contributed by atoms with Crippen molar-refractivity contribution in [3.05, 3.63) is 51.9 Å². The lowest BCUT2D eigenvalue weighted by atomic mass is 10.0. The number of nitroso groups, excluding NO2 is 1. The third kappa shape index (κ3) is 4.11. The van der Waals surface area contributed by atoms with Gasteiger partial charge in [0.2, 0.25) is 9.39 Å². The maximum atomic E-state index is 13.8.